The summed E-state index contributed by atoms with van der Waals surface area (Å²) in [6.07, 6.45) is 1.56. The van der Waals surface area contributed by atoms with Gasteiger partial charge in [0.1, 0.15) is 5.82 Å². The first-order valence-corrected chi connectivity index (χ1v) is 6.77. The summed E-state index contributed by atoms with van der Waals surface area (Å²) in [7, 11) is 0. The van der Waals surface area contributed by atoms with Crippen molar-refractivity contribution in [1.29, 1.82) is 0 Å². The number of hydrogen-bond donors (Lipinski definition) is 4. The summed E-state index contributed by atoms with van der Waals surface area (Å²) in [6, 6.07) is 5.70. The number of β-amino-alcohol motifs (C(OH)–C–C–N with tert-alkyl or cyclic N) is 1. The molecule has 2 rings (SSSR count). The Labute approximate surface area is 117 Å². The molecule has 0 aliphatic carbocycles. The number of benzene rings is 1. The van der Waals surface area contributed by atoms with Gasteiger partial charge in [-0.05, 0) is 37.1 Å². The standard InChI is InChI=1S/C14H20FN3O2/c15-12-4-1-3-11(7-12)8-17-13(19)18-10-14(20)5-2-6-16-9-14/h1,3-4,7,16,20H,2,5-6,8-10H2,(H2,17,18,19)/t14-/m0/s1. The number of rotatable bonds is 4. The van der Waals surface area contributed by atoms with Gasteiger partial charge in [0.2, 0.25) is 0 Å². The van der Waals surface area contributed by atoms with Crippen LogP contribution in [0.2, 0.25) is 0 Å². The Morgan fingerprint density at radius 2 is 2.30 bits per heavy atom. The Morgan fingerprint density at radius 3 is 3.00 bits per heavy atom. The highest BCUT2D eigenvalue weighted by molar-refractivity contribution is 5.73. The van der Waals surface area contributed by atoms with Crippen LogP contribution in [0.15, 0.2) is 24.3 Å². The molecule has 4 N–H and O–H groups in total. The molecule has 0 aromatic heterocycles. The van der Waals surface area contributed by atoms with Crippen LogP contribution in [0.4, 0.5) is 9.18 Å². The van der Waals surface area contributed by atoms with E-state index in [4.69, 9.17) is 0 Å². The first-order valence-electron chi connectivity index (χ1n) is 6.77. The van der Waals surface area contributed by atoms with Crippen LogP contribution < -0.4 is 16.0 Å². The van der Waals surface area contributed by atoms with Gasteiger partial charge in [0.05, 0.1) is 5.60 Å². The predicted molar refractivity (Wildman–Crippen MR) is 73.7 cm³/mol. The van der Waals surface area contributed by atoms with E-state index in [0.29, 0.717) is 18.5 Å². The number of aliphatic hydroxyl groups is 1. The lowest BCUT2D eigenvalue weighted by Gasteiger charge is -2.32. The van der Waals surface area contributed by atoms with Crippen LogP contribution in [0, 0.1) is 5.82 Å². The van der Waals surface area contributed by atoms with Crippen molar-refractivity contribution < 1.29 is 14.3 Å². The molecule has 0 spiro atoms. The van der Waals surface area contributed by atoms with E-state index in [9.17, 15) is 14.3 Å². The molecule has 1 aliphatic heterocycles. The zero-order valence-electron chi connectivity index (χ0n) is 11.3. The third-order valence-electron chi connectivity index (χ3n) is 3.37. The normalized spacial score (nSPS) is 22.3. The molecule has 110 valence electrons. The van der Waals surface area contributed by atoms with Crippen molar-refractivity contribution in [2.45, 2.75) is 25.0 Å². The topological polar surface area (TPSA) is 73.4 Å². The van der Waals surface area contributed by atoms with E-state index < -0.39 is 5.60 Å². The highest BCUT2D eigenvalue weighted by Gasteiger charge is 2.29. The molecule has 1 aromatic carbocycles. The number of halogens is 1. The molecule has 20 heavy (non-hydrogen) atoms. The van der Waals surface area contributed by atoms with Gasteiger partial charge in [-0.2, -0.15) is 0 Å². The molecule has 5 nitrogen and oxygen atoms in total. The first-order chi connectivity index (χ1) is 9.57. The molecule has 1 saturated heterocycles. The van der Waals surface area contributed by atoms with E-state index >= 15 is 0 Å². The summed E-state index contributed by atoms with van der Waals surface area (Å²) in [5.41, 5.74) is -0.188. The number of piperidine rings is 1. The van der Waals surface area contributed by atoms with Crippen molar-refractivity contribution >= 4 is 6.03 Å². The number of hydrogen-bond acceptors (Lipinski definition) is 3. The smallest absolute Gasteiger partial charge is 0.315 e. The quantitative estimate of drug-likeness (QED) is 0.658. The third-order valence-corrected chi connectivity index (χ3v) is 3.37. The summed E-state index contributed by atoms with van der Waals surface area (Å²) >= 11 is 0. The average molecular weight is 281 g/mol. The maximum absolute atomic E-state index is 13.0. The number of nitrogens with one attached hydrogen (secondary N) is 3. The number of amides is 2. The minimum atomic E-state index is -0.881. The lowest BCUT2D eigenvalue weighted by molar-refractivity contribution is 0.0194. The van der Waals surface area contributed by atoms with E-state index in [-0.39, 0.29) is 24.9 Å². The highest BCUT2D eigenvalue weighted by Crippen LogP contribution is 2.14. The Morgan fingerprint density at radius 1 is 1.45 bits per heavy atom. The fourth-order valence-corrected chi connectivity index (χ4v) is 2.24. The summed E-state index contributed by atoms with van der Waals surface area (Å²) < 4.78 is 13.0. The monoisotopic (exact) mass is 281 g/mol. The van der Waals surface area contributed by atoms with E-state index in [1.165, 1.54) is 12.1 Å². The molecule has 0 bridgehead atoms. The number of carbonyl (C=O) groups excluding carboxylic acids is 1. The van der Waals surface area contributed by atoms with Gasteiger partial charge in [0.15, 0.2) is 0 Å². The van der Waals surface area contributed by atoms with Crippen LogP contribution in [0.3, 0.4) is 0 Å². The Balaban J connectivity index is 1.72. The van der Waals surface area contributed by atoms with Crippen molar-refractivity contribution in [2.24, 2.45) is 0 Å². The van der Waals surface area contributed by atoms with Gasteiger partial charge in [-0.1, -0.05) is 12.1 Å². The fourth-order valence-electron chi connectivity index (χ4n) is 2.24. The molecule has 1 heterocycles. The second kappa shape index (κ2) is 6.67. The zero-order valence-corrected chi connectivity index (χ0v) is 11.3. The van der Waals surface area contributed by atoms with E-state index in [2.05, 4.69) is 16.0 Å². The third kappa shape index (κ3) is 4.47. The summed E-state index contributed by atoms with van der Waals surface area (Å²) in [4.78, 5) is 11.6. The van der Waals surface area contributed by atoms with Crippen molar-refractivity contribution in [3.05, 3.63) is 35.6 Å². The Bertz CT molecular complexity index is 461. The van der Waals surface area contributed by atoms with Crippen LogP contribution in [-0.2, 0) is 6.54 Å². The second-order valence-corrected chi connectivity index (χ2v) is 5.17. The fraction of sp³-hybridized carbons (Fsp3) is 0.500. The minimum absolute atomic E-state index is 0.203. The van der Waals surface area contributed by atoms with E-state index in [1.807, 2.05) is 0 Å². The Kier molecular flexibility index (Phi) is 4.92. The van der Waals surface area contributed by atoms with Crippen molar-refractivity contribution in [3.63, 3.8) is 0 Å². The van der Waals surface area contributed by atoms with Gasteiger partial charge < -0.3 is 21.1 Å². The molecule has 6 heteroatoms. The van der Waals surface area contributed by atoms with E-state index in [1.54, 1.807) is 12.1 Å². The van der Waals surface area contributed by atoms with Crippen LogP contribution in [0.25, 0.3) is 0 Å². The molecular formula is C14H20FN3O2. The van der Waals surface area contributed by atoms with E-state index in [0.717, 1.165) is 13.0 Å². The molecular weight excluding hydrogens is 261 g/mol. The van der Waals surface area contributed by atoms with Gasteiger partial charge in [0, 0.05) is 19.6 Å². The lowest BCUT2D eigenvalue weighted by atomic mass is 9.94. The van der Waals surface area contributed by atoms with Gasteiger partial charge in [-0.25, -0.2) is 9.18 Å². The lowest BCUT2D eigenvalue weighted by Crippen LogP contribution is -2.54. The Hall–Kier alpha value is -1.66. The largest absolute Gasteiger partial charge is 0.387 e. The van der Waals surface area contributed by atoms with Crippen LogP contribution in [0.5, 0.6) is 0 Å². The van der Waals surface area contributed by atoms with Gasteiger partial charge in [-0.15, -0.1) is 0 Å². The molecule has 1 aliphatic rings. The molecule has 0 saturated carbocycles. The summed E-state index contributed by atoms with van der Waals surface area (Å²) in [5, 5.41) is 18.6. The highest BCUT2D eigenvalue weighted by atomic mass is 19.1. The molecule has 0 unspecified atom stereocenters. The van der Waals surface area contributed by atoms with Crippen molar-refractivity contribution in [1.82, 2.24) is 16.0 Å². The summed E-state index contributed by atoms with van der Waals surface area (Å²) in [5.74, 6) is -0.327. The van der Waals surface area contributed by atoms with Gasteiger partial charge in [-0.3, -0.25) is 0 Å². The zero-order chi connectivity index (χ0) is 14.4. The molecule has 2 amide bonds. The summed E-state index contributed by atoms with van der Waals surface area (Å²) in [6.45, 7) is 1.83. The molecule has 1 aromatic rings. The number of carbonyl (C=O) groups is 1. The molecule has 0 radical (unpaired) electrons. The van der Waals surface area contributed by atoms with Crippen molar-refractivity contribution in [2.75, 3.05) is 19.6 Å². The minimum Gasteiger partial charge on any atom is -0.387 e. The van der Waals surface area contributed by atoms with Crippen molar-refractivity contribution in [3.8, 4) is 0 Å². The second-order valence-electron chi connectivity index (χ2n) is 5.17. The van der Waals surface area contributed by atoms with Crippen LogP contribution in [0.1, 0.15) is 18.4 Å². The average Bonchev–Trinajstić information content (AvgIpc) is 2.44. The molecule has 1 atom stereocenters. The first kappa shape index (κ1) is 14.7. The maximum Gasteiger partial charge on any atom is 0.315 e. The maximum atomic E-state index is 13.0. The predicted octanol–water partition coefficient (Wildman–Crippen LogP) is 0.739. The SMILES string of the molecule is O=C(NCc1cccc(F)c1)NC[C@]1(O)CCCNC1. The van der Waals surface area contributed by atoms with Gasteiger partial charge >= 0.3 is 6.03 Å². The van der Waals surface area contributed by atoms with Crippen LogP contribution in [-0.4, -0.2) is 36.4 Å². The van der Waals surface area contributed by atoms with Gasteiger partial charge in [0.25, 0.3) is 0 Å². The molecule has 1 fully saturated rings. The van der Waals surface area contributed by atoms with Crippen LogP contribution >= 0.6 is 0 Å². The number of urea groups is 1.